The predicted molar refractivity (Wildman–Crippen MR) is 69.2 cm³/mol. The van der Waals surface area contributed by atoms with Crippen LogP contribution in [0.25, 0.3) is 0 Å². The van der Waals surface area contributed by atoms with E-state index in [2.05, 4.69) is 18.7 Å². The number of hydrogen-bond donors (Lipinski definition) is 1. The molecule has 0 aliphatic carbocycles. The van der Waals surface area contributed by atoms with Crippen LogP contribution >= 0.6 is 0 Å². The minimum atomic E-state index is 0.0434. The third kappa shape index (κ3) is 2.73. The van der Waals surface area contributed by atoms with Crippen LogP contribution in [0.1, 0.15) is 30.0 Å². The molecule has 5 nitrogen and oxygen atoms in total. The van der Waals surface area contributed by atoms with E-state index < -0.39 is 0 Å². The Bertz CT molecular complexity index is 406. The lowest BCUT2D eigenvalue weighted by Crippen LogP contribution is -2.50. The van der Waals surface area contributed by atoms with Crippen LogP contribution < -0.4 is 5.73 Å². The fourth-order valence-corrected chi connectivity index (χ4v) is 2.22. The SMILES string of the molecule is CC(C)N1CCN(C(=O)c2coc(CN)c2)CC1. The Morgan fingerprint density at radius 2 is 2.06 bits per heavy atom. The van der Waals surface area contributed by atoms with E-state index in [1.165, 1.54) is 6.26 Å². The Morgan fingerprint density at radius 3 is 2.56 bits per heavy atom. The van der Waals surface area contributed by atoms with Gasteiger partial charge in [0.1, 0.15) is 12.0 Å². The smallest absolute Gasteiger partial charge is 0.257 e. The average molecular weight is 251 g/mol. The second-order valence-electron chi connectivity index (χ2n) is 4.93. The highest BCUT2D eigenvalue weighted by atomic mass is 16.3. The first-order valence-corrected chi connectivity index (χ1v) is 6.42. The van der Waals surface area contributed by atoms with Crippen molar-refractivity contribution in [2.45, 2.75) is 26.4 Å². The van der Waals surface area contributed by atoms with Crippen molar-refractivity contribution in [3.63, 3.8) is 0 Å². The normalized spacial score (nSPS) is 17.4. The summed E-state index contributed by atoms with van der Waals surface area (Å²) in [5.41, 5.74) is 6.07. The molecule has 2 rings (SSSR count). The highest BCUT2D eigenvalue weighted by molar-refractivity contribution is 5.94. The van der Waals surface area contributed by atoms with Gasteiger partial charge in [-0.15, -0.1) is 0 Å². The number of furan rings is 1. The molecule has 0 spiro atoms. The molecule has 0 unspecified atom stereocenters. The Kier molecular flexibility index (Phi) is 4.04. The third-order valence-electron chi connectivity index (χ3n) is 3.43. The van der Waals surface area contributed by atoms with Crippen molar-refractivity contribution < 1.29 is 9.21 Å². The number of piperazine rings is 1. The van der Waals surface area contributed by atoms with Crippen molar-refractivity contribution in [1.29, 1.82) is 0 Å². The van der Waals surface area contributed by atoms with E-state index in [9.17, 15) is 4.79 Å². The van der Waals surface area contributed by atoms with Gasteiger partial charge in [-0.25, -0.2) is 0 Å². The number of nitrogens with two attached hydrogens (primary N) is 1. The minimum Gasteiger partial charge on any atom is -0.467 e. The molecule has 0 radical (unpaired) electrons. The molecule has 1 aromatic rings. The quantitative estimate of drug-likeness (QED) is 0.867. The van der Waals surface area contributed by atoms with E-state index in [1.807, 2.05) is 4.90 Å². The summed E-state index contributed by atoms with van der Waals surface area (Å²) in [5, 5.41) is 0. The number of carbonyl (C=O) groups excluding carboxylic acids is 1. The highest BCUT2D eigenvalue weighted by Gasteiger charge is 2.24. The summed E-state index contributed by atoms with van der Waals surface area (Å²) in [5.74, 6) is 0.695. The number of carbonyl (C=O) groups is 1. The van der Waals surface area contributed by atoms with Crippen molar-refractivity contribution in [3.8, 4) is 0 Å². The first-order valence-electron chi connectivity index (χ1n) is 6.42. The highest BCUT2D eigenvalue weighted by Crippen LogP contribution is 2.13. The van der Waals surface area contributed by atoms with Crippen LogP contribution in [-0.2, 0) is 6.54 Å². The molecule has 2 N–H and O–H groups in total. The molecule has 0 aromatic carbocycles. The van der Waals surface area contributed by atoms with Gasteiger partial charge in [-0.2, -0.15) is 0 Å². The van der Waals surface area contributed by atoms with Crippen LogP contribution in [0.2, 0.25) is 0 Å². The molecule has 1 aliphatic heterocycles. The third-order valence-corrected chi connectivity index (χ3v) is 3.43. The zero-order chi connectivity index (χ0) is 13.1. The Morgan fingerprint density at radius 1 is 1.39 bits per heavy atom. The Hall–Kier alpha value is -1.33. The van der Waals surface area contributed by atoms with Gasteiger partial charge in [0.25, 0.3) is 5.91 Å². The lowest BCUT2D eigenvalue weighted by Gasteiger charge is -2.36. The topological polar surface area (TPSA) is 62.7 Å². The van der Waals surface area contributed by atoms with Crippen LogP contribution in [0.3, 0.4) is 0 Å². The number of hydrogen-bond acceptors (Lipinski definition) is 4. The molecular weight excluding hydrogens is 230 g/mol. The van der Waals surface area contributed by atoms with Crippen LogP contribution in [0.15, 0.2) is 16.7 Å². The summed E-state index contributed by atoms with van der Waals surface area (Å²) in [6.07, 6.45) is 1.50. The molecule has 1 saturated heterocycles. The van der Waals surface area contributed by atoms with Crippen molar-refractivity contribution >= 4 is 5.91 Å². The zero-order valence-corrected chi connectivity index (χ0v) is 11.1. The molecule has 5 heteroatoms. The van der Waals surface area contributed by atoms with Gasteiger partial charge < -0.3 is 15.1 Å². The molecule has 0 saturated carbocycles. The van der Waals surface area contributed by atoms with E-state index in [-0.39, 0.29) is 5.91 Å². The average Bonchev–Trinajstić information content (AvgIpc) is 2.86. The summed E-state index contributed by atoms with van der Waals surface area (Å²) in [7, 11) is 0. The van der Waals surface area contributed by atoms with E-state index in [0.717, 1.165) is 26.2 Å². The fourth-order valence-electron chi connectivity index (χ4n) is 2.22. The molecule has 1 fully saturated rings. The lowest BCUT2D eigenvalue weighted by atomic mass is 10.2. The van der Waals surface area contributed by atoms with E-state index in [0.29, 0.717) is 23.9 Å². The Labute approximate surface area is 108 Å². The predicted octanol–water partition coefficient (Wildman–Crippen LogP) is 0.905. The summed E-state index contributed by atoms with van der Waals surface area (Å²) in [4.78, 5) is 16.5. The molecule has 18 heavy (non-hydrogen) atoms. The second-order valence-corrected chi connectivity index (χ2v) is 4.93. The van der Waals surface area contributed by atoms with Crippen LogP contribution in [0, 0.1) is 0 Å². The Balaban J connectivity index is 1.95. The first-order chi connectivity index (χ1) is 8.61. The maximum absolute atomic E-state index is 12.2. The van der Waals surface area contributed by atoms with E-state index >= 15 is 0 Å². The van der Waals surface area contributed by atoms with E-state index in [4.69, 9.17) is 10.2 Å². The van der Waals surface area contributed by atoms with Crippen LogP contribution in [-0.4, -0.2) is 47.9 Å². The fraction of sp³-hybridized carbons (Fsp3) is 0.615. The molecule has 1 amide bonds. The molecule has 1 aromatic heterocycles. The monoisotopic (exact) mass is 251 g/mol. The molecule has 0 atom stereocenters. The van der Waals surface area contributed by atoms with E-state index in [1.54, 1.807) is 6.07 Å². The molecule has 1 aliphatic rings. The second kappa shape index (κ2) is 5.54. The summed E-state index contributed by atoms with van der Waals surface area (Å²) >= 11 is 0. The maximum atomic E-state index is 12.2. The van der Waals surface area contributed by atoms with Crippen molar-refractivity contribution in [2.75, 3.05) is 26.2 Å². The van der Waals surface area contributed by atoms with Gasteiger partial charge in [0.2, 0.25) is 0 Å². The molecule has 100 valence electrons. The van der Waals surface area contributed by atoms with Crippen molar-refractivity contribution in [1.82, 2.24) is 9.80 Å². The molecular formula is C13H21N3O2. The number of amides is 1. The van der Waals surface area contributed by atoms with Crippen molar-refractivity contribution in [3.05, 3.63) is 23.7 Å². The minimum absolute atomic E-state index is 0.0434. The number of nitrogens with zero attached hydrogens (tertiary/aromatic N) is 2. The standard InChI is InChI=1S/C13H21N3O2/c1-10(2)15-3-5-16(6-4-15)13(17)11-7-12(8-14)18-9-11/h7,9-10H,3-6,8,14H2,1-2H3. The van der Waals surface area contributed by atoms with Gasteiger partial charge in [-0.1, -0.05) is 0 Å². The summed E-state index contributed by atoms with van der Waals surface area (Å²) in [6, 6.07) is 2.27. The van der Waals surface area contributed by atoms with Gasteiger partial charge in [0, 0.05) is 32.2 Å². The van der Waals surface area contributed by atoms with Gasteiger partial charge in [0.15, 0.2) is 0 Å². The van der Waals surface area contributed by atoms with Crippen molar-refractivity contribution in [2.24, 2.45) is 5.73 Å². The van der Waals surface area contributed by atoms with Crippen LogP contribution in [0.4, 0.5) is 0 Å². The zero-order valence-electron chi connectivity index (χ0n) is 11.1. The molecule has 2 heterocycles. The first kappa shape index (κ1) is 13.1. The van der Waals surface area contributed by atoms with Gasteiger partial charge in [-0.05, 0) is 19.9 Å². The lowest BCUT2D eigenvalue weighted by molar-refractivity contribution is 0.0595. The van der Waals surface area contributed by atoms with Crippen LogP contribution in [0.5, 0.6) is 0 Å². The van der Waals surface area contributed by atoms with Gasteiger partial charge in [-0.3, -0.25) is 9.69 Å². The van der Waals surface area contributed by atoms with Gasteiger partial charge in [0.05, 0.1) is 12.1 Å². The maximum Gasteiger partial charge on any atom is 0.257 e. The molecule has 0 bridgehead atoms. The number of rotatable bonds is 3. The summed E-state index contributed by atoms with van der Waals surface area (Å²) < 4.78 is 5.20. The summed E-state index contributed by atoms with van der Waals surface area (Å²) in [6.45, 7) is 8.12. The van der Waals surface area contributed by atoms with Gasteiger partial charge >= 0.3 is 0 Å². The largest absolute Gasteiger partial charge is 0.467 e.